The van der Waals surface area contributed by atoms with Crippen LogP contribution in [-0.2, 0) is 4.79 Å². The van der Waals surface area contributed by atoms with Crippen molar-refractivity contribution in [3.8, 4) is 11.5 Å². The molecule has 27 heavy (non-hydrogen) atoms. The summed E-state index contributed by atoms with van der Waals surface area (Å²) in [7, 11) is 1.56. The Hall–Kier alpha value is -1.71. The van der Waals surface area contributed by atoms with Gasteiger partial charge in [0.05, 0.1) is 22.3 Å². The maximum atomic E-state index is 12.1. The quantitative estimate of drug-likeness (QED) is 0.324. The molecule has 9 heteroatoms. The highest BCUT2D eigenvalue weighted by Crippen LogP contribution is 2.27. The molecule has 2 rings (SSSR count). The summed E-state index contributed by atoms with van der Waals surface area (Å²) in [6.45, 7) is 0.305. The Kier molecular flexibility index (Phi) is 8.46. The number of hydrogen-bond acceptors (Lipinski definition) is 4. The standard InChI is InChI=1S/C18H17Cl2IN2O4/c1-26-16-6-4-11(9-14(16)21)18(25)23-22-17(24)3-2-8-27-15-7-5-12(19)10-13(15)20/h4-7,9-10H,2-3,8H2,1H3,(H,22,24)(H,23,25). The monoisotopic (exact) mass is 522 g/mol. The Bertz CT molecular complexity index is 833. The van der Waals surface area contributed by atoms with Crippen LogP contribution in [-0.4, -0.2) is 25.5 Å². The summed E-state index contributed by atoms with van der Waals surface area (Å²) >= 11 is 13.9. The van der Waals surface area contributed by atoms with E-state index in [2.05, 4.69) is 33.4 Å². The van der Waals surface area contributed by atoms with Crippen molar-refractivity contribution in [2.24, 2.45) is 0 Å². The molecule has 2 aromatic rings. The van der Waals surface area contributed by atoms with Gasteiger partial charge in [-0.2, -0.15) is 0 Å². The molecule has 2 aromatic carbocycles. The largest absolute Gasteiger partial charge is 0.496 e. The van der Waals surface area contributed by atoms with Crippen molar-refractivity contribution in [3.05, 3.63) is 55.6 Å². The van der Waals surface area contributed by atoms with E-state index in [1.807, 2.05) is 0 Å². The summed E-state index contributed by atoms with van der Waals surface area (Å²) in [5.74, 6) is 0.450. The van der Waals surface area contributed by atoms with Crippen LogP contribution in [0.3, 0.4) is 0 Å². The van der Waals surface area contributed by atoms with Gasteiger partial charge >= 0.3 is 0 Å². The van der Waals surface area contributed by atoms with Crippen molar-refractivity contribution >= 4 is 57.6 Å². The van der Waals surface area contributed by atoms with E-state index < -0.39 is 5.91 Å². The van der Waals surface area contributed by atoms with Gasteiger partial charge in [-0.1, -0.05) is 23.2 Å². The molecule has 0 heterocycles. The van der Waals surface area contributed by atoms with Crippen LogP contribution in [0.5, 0.6) is 11.5 Å². The summed E-state index contributed by atoms with van der Waals surface area (Å²) in [5, 5.41) is 0.933. The fourth-order valence-corrected chi connectivity index (χ4v) is 3.27. The maximum absolute atomic E-state index is 12.1. The summed E-state index contributed by atoms with van der Waals surface area (Å²) < 4.78 is 11.4. The molecule has 0 aromatic heterocycles. The van der Waals surface area contributed by atoms with Gasteiger partial charge in [-0.3, -0.25) is 20.4 Å². The molecule has 0 fully saturated rings. The zero-order valence-electron chi connectivity index (χ0n) is 14.4. The summed E-state index contributed by atoms with van der Waals surface area (Å²) in [6, 6.07) is 9.90. The van der Waals surface area contributed by atoms with E-state index in [0.717, 1.165) is 3.57 Å². The van der Waals surface area contributed by atoms with Crippen molar-refractivity contribution in [1.29, 1.82) is 0 Å². The van der Waals surface area contributed by atoms with E-state index in [4.69, 9.17) is 32.7 Å². The topological polar surface area (TPSA) is 76.7 Å². The Balaban J connectivity index is 1.71. The minimum atomic E-state index is -0.409. The Morgan fingerprint density at radius 1 is 1.07 bits per heavy atom. The molecule has 0 saturated heterocycles. The summed E-state index contributed by atoms with van der Waals surface area (Å²) in [6.07, 6.45) is 0.646. The third-order valence-electron chi connectivity index (χ3n) is 3.43. The maximum Gasteiger partial charge on any atom is 0.269 e. The predicted molar refractivity (Wildman–Crippen MR) is 113 cm³/mol. The molecule has 6 nitrogen and oxygen atoms in total. The van der Waals surface area contributed by atoms with Gasteiger partial charge < -0.3 is 9.47 Å². The van der Waals surface area contributed by atoms with E-state index in [1.165, 1.54) is 0 Å². The molecule has 0 spiro atoms. The Labute approximate surface area is 180 Å². The first-order chi connectivity index (χ1) is 12.9. The van der Waals surface area contributed by atoms with E-state index in [0.29, 0.717) is 40.1 Å². The molecule has 0 saturated carbocycles. The van der Waals surface area contributed by atoms with Gasteiger partial charge in [0.25, 0.3) is 5.91 Å². The lowest BCUT2D eigenvalue weighted by molar-refractivity contribution is -0.122. The fourth-order valence-electron chi connectivity index (χ4n) is 2.08. The normalized spacial score (nSPS) is 10.2. The molecule has 144 valence electrons. The van der Waals surface area contributed by atoms with Crippen molar-refractivity contribution in [2.75, 3.05) is 13.7 Å². The van der Waals surface area contributed by atoms with Crippen LogP contribution in [0.1, 0.15) is 23.2 Å². The first kappa shape index (κ1) is 21.6. The van der Waals surface area contributed by atoms with Crippen molar-refractivity contribution < 1.29 is 19.1 Å². The van der Waals surface area contributed by atoms with E-state index >= 15 is 0 Å². The van der Waals surface area contributed by atoms with E-state index in [-0.39, 0.29) is 12.3 Å². The zero-order valence-corrected chi connectivity index (χ0v) is 18.0. The highest BCUT2D eigenvalue weighted by molar-refractivity contribution is 14.1. The van der Waals surface area contributed by atoms with Gasteiger partial charge in [0.15, 0.2) is 0 Å². The number of carbonyl (C=O) groups excluding carboxylic acids is 2. The molecule has 2 N–H and O–H groups in total. The smallest absolute Gasteiger partial charge is 0.269 e. The Morgan fingerprint density at radius 3 is 2.48 bits per heavy atom. The van der Waals surface area contributed by atoms with Gasteiger partial charge in [0, 0.05) is 17.0 Å². The number of methoxy groups -OCH3 is 1. The zero-order chi connectivity index (χ0) is 19.8. The molecule has 0 aliphatic carbocycles. The van der Waals surface area contributed by atoms with Gasteiger partial charge in [0.1, 0.15) is 11.5 Å². The van der Waals surface area contributed by atoms with Crippen LogP contribution in [0.15, 0.2) is 36.4 Å². The summed E-state index contributed by atoms with van der Waals surface area (Å²) in [4.78, 5) is 23.9. The van der Waals surface area contributed by atoms with E-state index in [1.54, 1.807) is 43.5 Å². The van der Waals surface area contributed by atoms with Crippen LogP contribution in [0, 0.1) is 3.57 Å². The van der Waals surface area contributed by atoms with Gasteiger partial charge in [-0.25, -0.2) is 0 Å². The van der Waals surface area contributed by atoms with Crippen LogP contribution in [0.4, 0.5) is 0 Å². The number of hydrazine groups is 1. The molecule has 0 radical (unpaired) electrons. The molecule has 0 unspecified atom stereocenters. The van der Waals surface area contributed by atoms with Crippen LogP contribution in [0.25, 0.3) is 0 Å². The highest BCUT2D eigenvalue weighted by Gasteiger charge is 2.10. The number of carbonyl (C=O) groups is 2. The van der Waals surface area contributed by atoms with Gasteiger partial charge in [-0.05, 0) is 65.4 Å². The molecule has 0 aliphatic heterocycles. The second-order valence-corrected chi connectivity index (χ2v) is 7.38. The molecule has 0 bridgehead atoms. The Morgan fingerprint density at radius 2 is 1.81 bits per heavy atom. The molecule has 2 amide bonds. The average molecular weight is 523 g/mol. The van der Waals surface area contributed by atoms with Crippen LogP contribution in [0.2, 0.25) is 10.0 Å². The minimum absolute atomic E-state index is 0.186. The first-order valence-electron chi connectivity index (χ1n) is 7.91. The van der Waals surface area contributed by atoms with E-state index in [9.17, 15) is 9.59 Å². The lowest BCUT2D eigenvalue weighted by Crippen LogP contribution is -2.41. The average Bonchev–Trinajstić information content (AvgIpc) is 2.64. The number of halogens is 3. The number of benzene rings is 2. The minimum Gasteiger partial charge on any atom is -0.496 e. The van der Waals surface area contributed by atoms with Gasteiger partial charge in [-0.15, -0.1) is 0 Å². The fraction of sp³-hybridized carbons (Fsp3) is 0.222. The number of ether oxygens (including phenoxy) is 2. The van der Waals surface area contributed by atoms with Crippen LogP contribution >= 0.6 is 45.8 Å². The van der Waals surface area contributed by atoms with Crippen molar-refractivity contribution in [1.82, 2.24) is 10.9 Å². The van der Waals surface area contributed by atoms with Crippen LogP contribution < -0.4 is 20.3 Å². The van der Waals surface area contributed by atoms with Crippen molar-refractivity contribution in [2.45, 2.75) is 12.8 Å². The first-order valence-corrected chi connectivity index (χ1v) is 9.74. The number of rotatable bonds is 7. The lowest BCUT2D eigenvalue weighted by Gasteiger charge is -2.10. The highest BCUT2D eigenvalue weighted by atomic mass is 127. The summed E-state index contributed by atoms with van der Waals surface area (Å²) in [5.41, 5.74) is 5.17. The second kappa shape index (κ2) is 10.6. The predicted octanol–water partition coefficient (Wildman–Crippen LogP) is 4.23. The number of nitrogens with one attached hydrogen (secondary N) is 2. The molecule has 0 aliphatic rings. The molecule has 0 atom stereocenters. The number of hydrogen-bond donors (Lipinski definition) is 2. The lowest BCUT2D eigenvalue weighted by atomic mass is 10.2. The molecular formula is C18H17Cl2IN2O4. The third-order valence-corrected chi connectivity index (χ3v) is 4.80. The molecular weight excluding hydrogens is 506 g/mol. The second-order valence-electron chi connectivity index (χ2n) is 5.38. The van der Waals surface area contributed by atoms with Gasteiger partial charge in [0.2, 0.25) is 5.91 Å². The SMILES string of the molecule is COc1ccc(C(=O)NNC(=O)CCCOc2ccc(Cl)cc2Cl)cc1I. The number of amides is 2. The third kappa shape index (κ3) is 6.75. The van der Waals surface area contributed by atoms with Crippen molar-refractivity contribution in [3.63, 3.8) is 0 Å².